The van der Waals surface area contributed by atoms with Crippen LogP contribution < -0.4 is 5.32 Å². The lowest BCUT2D eigenvalue weighted by Crippen LogP contribution is -2.25. The summed E-state index contributed by atoms with van der Waals surface area (Å²) in [6, 6.07) is 4.61. The Balaban J connectivity index is 1.82. The summed E-state index contributed by atoms with van der Waals surface area (Å²) in [5.74, 6) is 0.159. The maximum absolute atomic E-state index is 11.0. The number of carboxylic acids is 1. The van der Waals surface area contributed by atoms with Crippen molar-refractivity contribution in [3.63, 3.8) is 0 Å². The maximum Gasteiger partial charge on any atom is 0.342 e. The van der Waals surface area contributed by atoms with Crippen molar-refractivity contribution in [2.24, 2.45) is 11.8 Å². The van der Waals surface area contributed by atoms with Crippen LogP contribution in [0.2, 0.25) is 0 Å². The zero-order chi connectivity index (χ0) is 14.3. The molecule has 0 aromatic heterocycles. The Morgan fingerprint density at radius 3 is 2.70 bits per heavy atom. The topological polar surface area (TPSA) is 92.5 Å². The first-order valence-electron chi connectivity index (χ1n) is 6.83. The number of benzene rings is 1. The Labute approximate surface area is 115 Å². The van der Waals surface area contributed by atoms with Gasteiger partial charge < -0.3 is 10.4 Å². The summed E-state index contributed by atoms with van der Waals surface area (Å²) in [4.78, 5) is 21.3. The van der Waals surface area contributed by atoms with Crippen LogP contribution in [0.3, 0.4) is 0 Å². The van der Waals surface area contributed by atoms with Gasteiger partial charge in [-0.05, 0) is 43.2 Å². The Hall–Kier alpha value is -2.11. The van der Waals surface area contributed by atoms with E-state index in [0.717, 1.165) is 12.3 Å². The van der Waals surface area contributed by atoms with Crippen molar-refractivity contribution in [2.45, 2.75) is 31.7 Å². The number of hydrogen-bond acceptors (Lipinski definition) is 4. The molecule has 1 aromatic rings. The van der Waals surface area contributed by atoms with E-state index in [4.69, 9.17) is 5.11 Å². The molecule has 3 rings (SSSR count). The molecule has 2 fully saturated rings. The summed E-state index contributed by atoms with van der Waals surface area (Å²) in [7, 11) is 0. The zero-order valence-corrected chi connectivity index (χ0v) is 10.9. The fourth-order valence-electron chi connectivity index (χ4n) is 3.59. The molecule has 0 saturated heterocycles. The fraction of sp³-hybridized carbons (Fsp3) is 0.500. The summed E-state index contributed by atoms with van der Waals surface area (Å²) < 4.78 is 0. The first-order valence-corrected chi connectivity index (χ1v) is 6.83. The number of nitrogens with zero attached hydrogens (tertiary/aromatic N) is 1. The minimum Gasteiger partial charge on any atom is -0.477 e. The standard InChI is InChI=1S/C14H16N2O4/c17-14(18)11-4-3-10(7-13(11)16(19)20)15-12-6-8-1-2-9(12)5-8/h3-4,7-9,12,15H,1-2,5-6H2,(H,17,18). The summed E-state index contributed by atoms with van der Waals surface area (Å²) in [6.07, 6.45) is 4.87. The molecule has 20 heavy (non-hydrogen) atoms. The molecule has 0 heterocycles. The molecule has 2 aliphatic rings. The minimum atomic E-state index is -1.27. The number of aromatic carboxylic acids is 1. The van der Waals surface area contributed by atoms with Crippen molar-refractivity contribution >= 4 is 17.3 Å². The van der Waals surface area contributed by atoms with E-state index in [1.165, 1.54) is 31.4 Å². The Bertz CT molecular complexity index is 572. The third-order valence-corrected chi connectivity index (χ3v) is 4.51. The zero-order valence-electron chi connectivity index (χ0n) is 10.9. The first-order chi connectivity index (χ1) is 9.54. The van der Waals surface area contributed by atoms with Crippen LogP contribution >= 0.6 is 0 Å². The van der Waals surface area contributed by atoms with Crippen LogP contribution in [0.4, 0.5) is 11.4 Å². The van der Waals surface area contributed by atoms with Gasteiger partial charge in [-0.1, -0.05) is 6.42 Å². The van der Waals surface area contributed by atoms with Crippen LogP contribution in [0.25, 0.3) is 0 Å². The van der Waals surface area contributed by atoms with Gasteiger partial charge in [0.2, 0.25) is 0 Å². The van der Waals surface area contributed by atoms with Gasteiger partial charge in [-0.2, -0.15) is 0 Å². The molecule has 1 aromatic carbocycles. The lowest BCUT2D eigenvalue weighted by Gasteiger charge is -2.24. The number of anilines is 1. The summed E-state index contributed by atoms with van der Waals surface area (Å²) >= 11 is 0. The Kier molecular flexibility index (Phi) is 3.08. The smallest absolute Gasteiger partial charge is 0.342 e. The molecular weight excluding hydrogens is 260 g/mol. The molecule has 2 N–H and O–H groups in total. The molecule has 0 radical (unpaired) electrons. The van der Waals surface area contributed by atoms with Crippen molar-refractivity contribution in [1.82, 2.24) is 0 Å². The van der Waals surface area contributed by atoms with Crippen molar-refractivity contribution in [2.75, 3.05) is 5.32 Å². The average molecular weight is 276 g/mol. The molecule has 3 atom stereocenters. The van der Waals surface area contributed by atoms with Crippen molar-refractivity contribution in [3.8, 4) is 0 Å². The second kappa shape index (κ2) is 4.77. The molecule has 6 heteroatoms. The highest BCUT2D eigenvalue weighted by Gasteiger charge is 2.39. The number of hydrogen-bond donors (Lipinski definition) is 2. The van der Waals surface area contributed by atoms with Gasteiger partial charge in [0.05, 0.1) is 4.92 Å². The molecule has 6 nitrogen and oxygen atoms in total. The maximum atomic E-state index is 11.0. The van der Waals surface area contributed by atoms with Crippen LogP contribution in [0.5, 0.6) is 0 Å². The van der Waals surface area contributed by atoms with Crippen LogP contribution in [0, 0.1) is 22.0 Å². The number of nitro benzene ring substituents is 1. The molecule has 0 spiro atoms. The molecule has 0 aliphatic heterocycles. The molecule has 2 bridgehead atoms. The Morgan fingerprint density at radius 2 is 2.15 bits per heavy atom. The van der Waals surface area contributed by atoms with Gasteiger partial charge in [-0.3, -0.25) is 10.1 Å². The predicted molar refractivity (Wildman–Crippen MR) is 72.9 cm³/mol. The molecule has 0 amide bonds. The van der Waals surface area contributed by atoms with Crippen LogP contribution in [-0.2, 0) is 0 Å². The summed E-state index contributed by atoms with van der Waals surface area (Å²) in [6.45, 7) is 0. The second-order valence-electron chi connectivity index (χ2n) is 5.72. The number of nitrogens with one attached hydrogen (secondary N) is 1. The third-order valence-electron chi connectivity index (χ3n) is 4.51. The largest absolute Gasteiger partial charge is 0.477 e. The summed E-state index contributed by atoms with van der Waals surface area (Å²) in [5.41, 5.74) is 0.0124. The molecule has 2 aliphatic carbocycles. The lowest BCUT2D eigenvalue weighted by molar-refractivity contribution is -0.385. The number of rotatable bonds is 4. The molecular formula is C14H16N2O4. The minimum absolute atomic E-state index is 0.270. The fourth-order valence-corrected chi connectivity index (χ4v) is 3.59. The van der Waals surface area contributed by atoms with Gasteiger partial charge in [0.25, 0.3) is 5.69 Å². The lowest BCUT2D eigenvalue weighted by atomic mass is 9.95. The van der Waals surface area contributed by atoms with Gasteiger partial charge in [0, 0.05) is 17.8 Å². The molecule has 3 unspecified atom stereocenters. The number of fused-ring (bicyclic) bond motifs is 2. The van der Waals surface area contributed by atoms with Gasteiger partial charge in [0.1, 0.15) is 5.56 Å². The van der Waals surface area contributed by atoms with Crippen LogP contribution in [0.1, 0.15) is 36.0 Å². The van der Waals surface area contributed by atoms with Crippen molar-refractivity contribution in [1.29, 1.82) is 0 Å². The number of carbonyl (C=O) groups is 1. The third kappa shape index (κ3) is 2.21. The van der Waals surface area contributed by atoms with E-state index >= 15 is 0 Å². The normalized spacial score (nSPS) is 27.5. The SMILES string of the molecule is O=C(O)c1ccc(NC2CC3CCC2C3)cc1[N+](=O)[O-]. The second-order valence-corrected chi connectivity index (χ2v) is 5.72. The predicted octanol–water partition coefficient (Wildman–Crippen LogP) is 2.89. The first kappa shape index (κ1) is 12.9. The molecule has 2 saturated carbocycles. The van der Waals surface area contributed by atoms with Gasteiger partial charge in [-0.25, -0.2) is 4.79 Å². The van der Waals surface area contributed by atoms with Gasteiger partial charge >= 0.3 is 5.97 Å². The average Bonchev–Trinajstić information content (AvgIpc) is 3.00. The van der Waals surface area contributed by atoms with Crippen LogP contribution in [0.15, 0.2) is 18.2 Å². The van der Waals surface area contributed by atoms with E-state index in [-0.39, 0.29) is 11.3 Å². The van der Waals surface area contributed by atoms with E-state index in [1.807, 2.05) is 0 Å². The highest BCUT2D eigenvalue weighted by molar-refractivity contribution is 5.93. The van der Waals surface area contributed by atoms with E-state index in [2.05, 4.69) is 5.32 Å². The quantitative estimate of drug-likeness (QED) is 0.651. The van der Waals surface area contributed by atoms with Crippen molar-refractivity contribution < 1.29 is 14.8 Å². The highest BCUT2D eigenvalue weighted by atomic mass is 16.6. The van der Waals surface area contributed by atoms with Crippen LogP contribution in [-0.4, -0.2) is 22.0 Å². The number of nitro groups is 1. The highest BCUT2D eigenvalue weighted by Crippen LogP contribution is 2.45. The number of carboxylic acid groups (broad SMARTS) is 1. The monoisotopic (exact) mass is 276 g/mol. The van der Waals surface area contributed by atoms with E-state index in [0.29, 0.717) is 17.6 Å². The van der Waals surface area contributed by atoms with Gasteiger partial charge in [-0.15, -0.1) is 0 Å². The van der Waals surface area contributed by atoms with E-state index in [9.17, 15) is 14.9 Å². The molecule has 106 valence electrons. The summed E-state index contributed by atoms with van der Waals surface area (Å²) in [5, 5.41) is 23.2. The van der Waals surface area contributed by atoms with E-state index < -0.39 is 10.9 Å². The van der Waals surface area contributed by atoms with Crippen molar-refractivity contribution in [3.05, 3.63) is 33.9 Å². The van der Waals surface area contributed by atoms with E-state index in [1.54, 1.807) is 6.07 Å². The van der Waals surface area contributed by atoms with Gasteiger partial charge in [0.15, 0.2) is 0 Å². The Morgan fingerprint density at radius 1 is 1.35 bits per heavy atom.